The number of hydrogen-bond acceptors (Lipinski definition) is 3. The van der Waals surface area contributed by atoms with Crippen LogP contribution in [0.3, 0.4) is 0 Å². The molecular formula is C26H24Cl2N2O2S. The number of hydrogen-bond donors (Lipinski definition) is 1. The van der Waals surface area contributed by atoms with Crippen molar-refractivity contribution in [2.24, 2.45) is 0 Å². The maximum absolute atomic E-state index is 13.7. The topological polar surface area (TPSA) is 49.4 Å². The first-order valence-electron chi connectivity index (χ1n) is 10.6. The number of nitrogens with zero attached hydrogens (tertiary/aromatic N) is 1. The van der Waals surface area contributed by atoms with Crippen molar-refractivity contribution < 1.29 is 9.59 Å². The van der Waals surface area contributed by atoms with E-state index in [0.717, 1.165) is 27.9 Å². The minimum Gasteiger partial charge on any atom is -0.324 e. The number of aryl methyl sites for hydroxylation is 3. The van der Waals surface area contributed by atoms with Crippen LogP contribution in [0.4, 0.5) is 5.69 Å². The van der Waals surface area contributed by atoms with E-state index in [4.69, 9.17) is 23.2 Å². The second-order valence-corrected chi connectivity index (χ2v) is 10.1. The van der Waals surface area contributed by atoms with E-state index in [9.17, 15) is 9.59 Å². The summed E-state index contributed by atoms with van der Waals surface area (Å²) in [4.78, 5) is 28.8. The Morgan fingerprint density at radius 1 is 0.909 bits per heavy atom. The van der Waals surface area contributed by atoms with E-state index in [-0.39, 0.29) is 17.2 Å². The molecule has 3 aromatic rings. The number of nitrogens with one attached hydrogen (secondary N) is 1. The highest BCUT2D eigenvalue weighted by Gasteiger charge is 2.43. The van der Waals surface area contributed by atoms with Crippen LogP contribution in [0, 0.1) is 20.8 Å². The van der Waals surface area contributed by atoms with Gasteiger partial charge in [0.15, 0.2) is 0 Å². The third-order valence-electron chi connectivity index (χ3n) is 5.92. The van der Waals surface area contributed by atoms with Crippen LogP contribution >= 0.6 is 35.0 Å². The van der Waals surface area contributed by atoms with Crippen molar-refractivity contribution in [3.63, 3.8) is 0 Å². The monoisotopic (exact) mass is 498 g/mol. The Bertz CT molecular complexity index is 1230. The first-order chi connectivity index (χ1) is 15.8. The average molecular weight is 499 g/mol. The molecule has 2 unspecified atom stereocenters. The van der Waals surface area contributed by atoms with Gasteiger partial charge >= 0.3 is 0 Å². The fourth-order valence-electron chi connectivity index (χ4n) is 3.88. The number of carbonyl (C=O) groups is 2. The molecule has 0 spiro atoms. The Morgan fingerprint density at radius 2 is 1.67 bits per heavy atom. The normalized spacial score (nSPS) is 17.8. The summed E-state index contributed by atoms with van der Waals surface area (Å²) in [7, 11) is 0. The lowest BCUT2D eigenvalue weighted by Crippen LogP contribution is -2.45. The summed E-state index contributed by atoms with van der Waals surface area (Å²) in [5.41, 5.74) is 5.23. The third kappa shape index (κ3) is 4.91. The van der Waals surface area contributed by atoms with Crippen molar-refractivity contribution in [1.29, 1.82) is 0 Å². The van der Waals surface area contributed by atoms with Crippen molar-refractivity contribution in [3.05, 3.63) is 98.5 Å². The number of amides is 2. The van der Waals surface area contributed by atoms with Crippen LogP contribution in [0.5, 0.6) is 0 Å². The van der Waals surface area contributed by atoms with E-state index in [0.29, 0.717) is 21.4 Å². The van der Waals surface area contributed by atoms with Gasteiger partial charge < -0.3 is 10.2 Å². The van der Waals surface area contributed by atoms with Gasteiger partial charge in [0.1, 0.15) is 11.4 Å². The van der Waals surface area contributed by atoms with E-state index in [2.05, 4.69) is 5.32 Å². The van der Waals surface area contributed by atoms with Crippen molar-refractivity contribution in [1.82, 2.24) is 4.90 Å². The first kappa shape index (κ1) is 23.7. The fraction of sp³-hybridized carbons (Fsp3) is 0.231. The fourth-order valence-corrected chi connectivity index (χ4v) is 5.60. The summed E-state index contributed by atoms with van der Waals surface area (Å²) in [5.74, 6) is 0.0730. The number of carbonyl (C=O) groups excluding carboxylic acids is 2. The third-order valence-corrected chi connectivity index (χ3v) is 7.98. The van der Waals surface area contributed by atoms with Gasteiger partial charge in [0.05, 0.1) is 10.0 Å². The van der Waals surface area contributed by atoms with Gasteiger partial charge in [-0.1, -0.05) is 53.5 Å². The van der Waals surface area contributed by atoms with Crippen LogP contribution in [0.1, 0.15) is 38.0 Å². The Kier molecular flexibility index (Phi) is 7.03. The zero-order chi connectivity index (χ0) is 23.7. The van der Waals surface area contributed by atoms with Gasteiger partial charge in [-0.05, 0) is 73.4 Å². The molecule has 1 aliphatic heterocycles. The van der Waals surface area contributed by atoms with Crippen molar-refractivity contribution in [2.75, 3.05) is 11.1 Å². The molecule has 33 heavy (non-hydrogen) atoms. The Morgan fingerprint density at radius 3 is 2.36 bits per heavy atom. The number of anilines is 1. The van der Waals surface area contributed by atoms with Gasteiger partial charge in [-0.2, -0.15) is 0 Å². The van der Waals surface area contributed by atoms with E-state index >= 15 is 0 Å². The minimum atomic E-state index is -0.636. The molecule has 1 saturated heterocycles. The van der Waals surface area contributed by atoms with E-state index in [1.807, 2.05) is 63.2 Å². The molecular weight excluding hydrogens is 475 g/mol. The van der Waals surface area contributed by atoms with Crippen molar-refractivity contribution >= 4 is 52.5 Å². The highest BCUT2D eigenvalue weighted by atomic mass is 35.5. The summed E-state index contributed by atoms with van der Waals surface area (Å²) in [6.45, 7) is 5.93. The van der Waals surface area contributed by atoms with Crippen LogP contribution in [0.15, 0.2) is 60.7 Å². The minimum absolute atomic E-state index is 0.186. The molecule has 0 saturated carbocycles. The number of rotatable bonds is 4. The summed E-state index contributed by atoms with van der Waals surface area (Å²) in [6, 6.07) is 17.9. The molecule has 0 aromatic heterocycles. The standard InChI is InChI=1S/C26H24Cl2N2O2S/c1-15-8-10-19(12-17(15)3)29-24(31)23-14-33-26(18-9-11-21(27)22(28)13-18)30(23)25(32)20-7-5-4-6-16(20)2/h4-13,23,26H,14H2,1-3H3,(H,29,31). The molecule has 7 heteroatoms. The largest absolute Gasteiger partial charge is 0.324 e. The number of halogens is 2. The van der Waals surface area contributed by atoms with Gasteiger partial charge in [0, 0.05) is 17.0 Å². The number of thioether (sulfide) groups is 1. The summed E-state index contributed by atoms with van der Waals surface area (Å²) in [6.07, 6.45) is 0. The summed E-state index contributed by atoms with van der Waals surface area (Å²) >= 11 is 13.9. The summed E-state index contributed by atoms with van der Waals surface area (Å²) in [5, 5.41) is 3.51. The smallest absolute Gasteiger partial charge is 0.256 e. The van der Waals surface area contributed by atoms with Crippen LogP contribution in [-0.2, 0) is 4.79 Å². The Labute approximate surface area is 208 Å². The molecule has 4 nitrogen and oxygen atoms in total. The molecule has 170 valence electrons. The number of benzene rings is 3. The maximum Gasteiger partial charge on any atom is 0.256 e. The summed E-state index contributed by atoms with van der Waals surface area (Å²) < 4.78 is 0. The molecule has 1 aliphatic rings. The van der Waals surface area contributed by atoms with Gasteiger partial charge in [-0.25, -0.2) is 0 Å². The van der Waals surface area contributed by atoms with Gasteiger partial charge in [0.25, 0.3) is 5.91 Å². The van der Waals surface area contributed by atoms with Crippen molar-refractivity contribution in [2.45, 2.75) is 32.2 Å². The second kappa shape index (κ2) is 9.80. The molecule has 1 fully saturated rings. The van der Waals surface area contributed by atoms with E-state index in [1.165, 1.54) is 0 Å². The lowest BCUT2D eigenvalue weighted by atomic mass is 10.1. The average Bonchev–Trinajstić information content (AvgIpc) is 3.23. The highest BCUT2D eigenvalue weighted by molar-refractivity contribution is 7.99. The SMILES string of the molecule is Cc1ccc(NC(=O)C2CSC(c3ccc(Cl)c(Cl)c3)N2C(=O)c2ccccc2C)cc1C. The molecule has 1 N–H and O–H groups in total. The van der Waals surface area contributed by atoms with Crippen LogP contribution in [0.25, 0.3) is 0 Å². The molecule has 4 rings (SSSR count). The van der Waals surface area contributed by atoms with Gasteiger partial charge in [-0.15, -0.1) is 11.8 Å². The van der Waals surface area contributed by atoms with Crippen molar-refractivity contribution in [3.8, 4) is 0 Å². The van der Waals surface area contributed by atoms with Gasteiger partial charge in [0.2, 0.25) is 5.91 Å². The highest BCUT2D eigenvalue weighted by Crippen LogP contribution is 2.44. The second-order valence-electron chi connectivity index (χ2n) is 8.19. The predicted molar refractivity (Wildman–Crippen MR) is 137 cm³/mol. The predicted octanol–water partition coefficient (Wildman–Crippen LogP) is 6.81. The maximum atomic E-state index is 13.7. The van der Waals surface area contributed by atoms with Gasteiger partial charge in [-0.3, -0.25) is 9.59 Å². The van der Waals surface area contributed by atoms with E-state index in [1.54, 1.807) is 34.9 Å². The Hall–Kier alpha value is -2.47. The first-order valence-corrected chi connectivity index (χ1v) is 12.4. The lowest BCUT2D eigenvalue weighted by Gasteiger charge is -2.30. The molecule has 0 aliphatic carbocycles. The molecule has 0 bridgehead atoms. The molecule has 2 atom stereocenters. The zero-order valence-electron chi connectivity index (χ0n) is 18.6. The lowest BCUT2D eigenvalue weighted by molar-refractivity contribution is -0.119. The molecule has 3 aromatic carbocycles. The quantitative estimate of drug-likeness (QED) is 0.429. The van der Waals surface area contributed by atoms with E-state index < -0.39 is 6.04 Å². The van der Waals surface area contributed by atoms with Crippen LogP contribution in [-0.4, -0.2) is 28.5 Å². The van der Waals surface area contributed by atoms with Crippen LogP contribution in [0.2, 0.25) is 10.0 Å². The van der Waals surface area contributed by atoms with Crippen LogP contribution < -0.4 is 5.32 Å². The molecule has 2 amide bonds. The zero-order valence-corrected chi connectivity index (χ0v) is 20.9. The molecule has 1 heterocycles. The Balaban J connectivity index is 1.69. The molecule has 0 radical (unpaired) electrons.